The van der Waals surface area contributed by atoms with Gasteiger partial charge in [0, 0.05) is 6.20 Å². The molecule has 1 atom stereocenters. The fourth-order valence-corrected chi connectivity index (χ4v) is 2.20. The van der Waals surface area contributed by atoms with E-state index in [1.54, 1.807) is 24.4 Å². The van der Waals surface area contributed by atoms with E-state index in [0.717, 1.165) is 18.7 Å². The van der Waals surface area contributed by atoms with Gasteiger partial charge in [-0.1, -0.05) is 19.1 Å². The van der Waals surface area contributed by atoms with Gasteiger partial charge in [0.05, 0.1) is 18.8 Å². The number of hydrogen-bond acceptors (Lipinski definition) is 4. The summed E-state index contributed by atoms with van der Waals surface area (Å²) >= 11 is 0. The molecular weight excluding hydrogens is 269 g/mol. The van der Waals surface area contributed by atoms with Crippen molar-refractivity contribution in [2.24, 2.45) is 0 Å². The molecule has 21 heavy (non-hydrogen) atoms. The Morgan fingerprint density at radius 1 is 1.33 bits per heavy atom. The number of nitrogens with one attached hydrogen (secondary N) is 1. The first-order valence-corrected chi connectivity index (χ1v) is 7.07. The second-order valence-electron chi connectivity index (χ2n) is 4.78. The van der Waals surface area contributed by atoms with Gasteiger partial charge in [0.25, 0.3) is 0 Å². The molecule has 0 aliphatic rings. The third-order valence-electron chi connectivity index (χ3n) is 3.29. The van der Waals surface area contributed by atoms with E-state index in [2.05, 4.69) is 22.2 Å². The highest BCUT2D eigenvalue weighted by molar-refractivity contribution is 5.32. The van der Waals surface area contributed by atoms with Crippen molar-refractivity contribution in [2.45, 2.75) is 25.8 Å². The first-order chi connectivity index (χ1) is 10.3. The van der Waals surface area contributed by atoms with Crippen LogP contribution in [0, 0.1) is 5.82 Å². The highest BCUT2D eigenvalue weighted by atomic mass is 19.1. The molecule has 0 saturated heterocycles. The van der Waals surface area contributed by atoms with E-state index in [-0.39, 0.29) is 17.6 Å². The molecule has 0 aliphatic carbocycles. The zero-order valence-corrected chi connectivity index (χ0v) is 12.3. The molecular formula is C16H20FN3O. The van der Waals surface area contributed by atoms with Gasteiger partial charge < -0.3 is 10.1 Å². The molecule has 0 bridgehead atoms. The Hall–Kier alpha value is -2.01. The normalized spacial score (nSPS) is 12.1. The Balaban J connectivity index is 2.23. The number of hydrogen-bond donors (Lipinski definition) is 1. The van der Waals surface area contributed by atoms with Crippen LogP contribution in [-0.4, -0.2) is 23.6 Å². The molecule has 5 heteroatoms. The molecule has 0 spiro atoms. The number of benzene rings is 1. The summed E-state index contributed by atoms with van der Waals surface area (Å²) in [6.07, 6.45) is 4.73. The lowest BCUT2D eigenvalue weighted by atomic mass is 10.0. The Morgan fingerprint density at radius 2 is 2.19 bits per heavy atom. The predicted octanol–water partition coefficient (Wildman–Crippen LogP) is 2.91. The molecule has 112 valence electrons. The average molecular weight is 289 g/mol. The summed E-state index contributed by atoms with van der Waals surface area (Å²) in [4.78, 5) is 8.20. The number of ether oxygens (including phenoxy) is 1. The van der Waals surface area contributed by atoms with Gasteiger partial charge in [0.1, 0.15) is 6.33 Å². The van der Waals surface area contributed by atoms with Gasteiger partial charge in [-0.25, -0.2) is 14.4 Å². The van der Waals surface area contributed by atoms with Gasteiger partial charge in [-0.2, -0.15) is 0 Å². The molecule has 4 nitrogen and oxygen atoms in total. The van der Waals surface area contributed by atoms with Crippen molar-refractivity contribution in [3.8, 4) is 5.75 Å². The van der Waals surface area contributed by atoms with Crippen molar-refractivity contribution in [1.82, 2.24) is 15.3 Å². The van der Waals surface area contributed by atoms with E-state index < -0.39 is 0 Å². The van der Waals surface area contributed by atoms with Crippen molar-refractivity contribution in [3.63, 3.8) is 0 Å². The lowest BCUT2D eigenvalue weighted by Gasteiger charge is -2.18. The molecule has 0 fully saturated rings. The maximum atomic E-state index is 14.3. The van der Waals surface area contributed by atoms with Crippen LogP contribution in [0.5, 0.6) is 5.75 Å². The molecule has 0 amide bonds. The largest absolute Gasteiger partial charge is 0.494 e. The Labute approximate surface area is 124 Å². The summed E-state index contributed by atoms with van der Waals surface area (Å²) in [6.45, 7) is 2.94. The second-order valence-corrected chi connectivity index (χ2v) is 4.78. The van der Waals surface area contributed by atoms with Gasteiger partial charge in [0.2, 0.25) is 0 Å². The van der Waals surface area contributed by atoms with Crippen LogP contribution in [0.25, 0.3) is 0 Å². The van der Waals surface area contributed by atoms with Crippen molar-refractivity contribution in [2.75, 3.05) is 13.7 Å². The summed E-state index contributed by atoms with van der Waals surface area (Å²) in [5.74, 6) is -0.0400. The van der Waals surface area contributed by atoms with Gasteiger partial charge >= 0.3 is 0 Å². The zero-order chi connectivity index (χ0) is 15.1. The van der Waals surface area contributed by atoms with Gasteiger partial charge in [-0.3, -0.25) is 0 Å². The van der Waals surface area contributed by atoms with Crippen LogP contribution >= 0.6 is 0 Å². The van der Waals surface area contributed by atoms with Crippen LogP contribution < -0.4 is 10.1 Å². The van der Waals surface area contributed by atoms with Crippen LogP contribution in [0.2, 0.25) is 0 Å². The fraction of sp³-hybridized carbons (Fsp3) is 0.375. The quantitative estimate of drug-likeness (QED) is 0.851. The minimum atomic E-state index is -0.308. The SMILES string of the molecule is CCCNC(Cc1cccc(OC)c1F)c1ccncn1. The molecule has 2 rings (SSSR count). The standard InChI is InChI=1S/C16H20FN3O/c1-3-8-19-14(13-7-9-18-11-20-13)10-12-5-4-6-15(21-2)16(12)17/h4-7,9,11,14,19H,3,8,10H2,1-2H3. The minimum Gasteiger partial charge on any atom is -0.494 e. The highest BCUT2D eigenvalue weighted by Gasteiger charge is 2.17. The first-order valence-electron chi connectivity index (χ1n) is 7.07. The number of halogens is 1. The molecule has 0 aliphatic heterocycles. The molecule has 1 N–H and O–H groups in total. The summed E-state index contributed by atoms with van der Waals surface area (Å²) in [5.41, 5.74) is 1.47. The lowest BCUT2D eigenvalue weighted by molar-refractivity contribution is 0.382. The molecule has 2 aromatic rings. The lowest BCUT2D eigenvalue weighted by Crippen LogP contribution is -2.25. The van der Waals surface area contributed by atoms with Crippen molar-refractivity contribution in [1.29, 1.82) is 0 Å². The first kappa shape index (κ1) is 15.4. The van der Waals surface area contributed by atoms with E-state index in [1.807, 2.05) is 6.07 Å². The van der Waals surface area contributed by atoms with Crippen molar-refractivity contribution >= 4 is 0 Å². The zero-order valence-electron chi connectivity index (χ0n) is 12.3. The van der Waals surface area contributed by atoms with Crippen LogP contribution in [0.1, 0.15) is 30.6 Å². The Morgan fingerprint density at radius 3 is 2.86 bits per heavy atom. The summed E-state index contributed by atoms with van der Waals surface area (Å²) < 4.78 is 19.3. The average Bonchev–Trinajstić information content (AvgIpc) is 2.53. The predicted molar refractivity (Wildman–Crippen MR) is 79.7 cm³/mol. The Kier molecular flexibility index (Phi) is 5.63. The van der Waals surface area contributed by atoms with Crippen LogP contribution in [0.3, 0.4) is 0 Å². The molecule has 0 saturated carbocycles. The monoisotopic (exact) mass is 289 g/mol. The Bertz CT molecular complexity index is 563. The second kappa shape index (κ2) is 7.69. The summed E-state index contributed by atoms with van der Waals surface area (Å²) in [5, 5.41) is 3.40. The van der Waals surface area contributed by atoms with E-state index in [9.17, 15) is 4.39 Å². The van der Waals surface area contributed by atoms with Gasteiger partial charge in [0.15, 0.2) is 11.6 Å². The molecule has 1 aromatic carbocycles. The van der Waals surface area contributed by atoms with E-state index in [0.29, 0.717) is 12.0 Å². The third-order valence-corrected chi connectivity index (χ3v) is 3.29. The maximum Gasteiger partial charge on any atom is 0.168 e. The number of aromatic nitrogens is 2. The van der Waals surface area contributed by atoms with E-state index >= 15 is 0 Å². The number of methoxy groups -OCH3 is 1. The smallest absolute Gasteiger partial charge is 0.168 e. The van der Waals surface area contributed by atoms with Crippen LogP contribution in [0.15, 0.2) is 36.8 Å². The molecule has 1 heterocycles. The van der Waals surface area contributed by atoms with E-state index in [1.165, 1.54) is 13.4 Å². The third kappa shape index (κ3) is 3.98. The van der Waals surface area contributed by atoms with Crippen LogP contribution in [-0.2, 0) is 6.42 Å². The topological polar surface area (TPSA) is 47.0 Å². The molecule has 0 radical (unpaired) electrons. The van der Waals surface area contributed by atoms with Gasteiger partial charge in [-0.15, -0.1) is 0 Å². The maximum absolute atomic E-state index is 14.3. The van der Waals surface area contributed by atoms with Crippen molar-refractivity contribution in [3.05, 3.63) is 53.9 Å². The molecule has 1 unspecified atom stereocenters. The van der Waals surface area contributed by atoms with Crippen molar-refractivity contribution < 1.29 is 9.13 Å². The minimum absolute atomic E-state index is 0.0467. The number of nitrogens with zero attached hydrogens (tertiary/aromatic N) is 2. The van der Waals surface area contributed by atoms with E-state index in [4.69, 9.17) is 4.74 Å². The fourth-order valence-electron chi connectivity index (χ4n) is 2.20. The van der Waals surface area contributed by atoms with Crippen LogP contribution in [0.4, 0.5) is 4.39 Å². The highest BCUT2D eigenvalue weighted by Crippen LogP contribution is 2.24. The molecule has 1 aromatic heterocycles. The summed E-state index contributed by atoms with van der Waals surface area (Å²) in [6, 6.07) is 7.01. The number of rotatable bonds is 7. The summed E-state index contributed by atoms with van der Waals surface area (Å²) in [7, 11) is 1.47. The van der Waals surface area contributed by atoms with Gasteiger partial charge in [-0.05, 0) is 37.1 Å².